The Hall–Kier alpha value is -2.47. The summed E-state index contributed by atoms with van der Waals surface area (Å²) in [5.41, 5.74) is 1.97. The average molecular weight is 355 g/mol. The molecular weight excluding hydrogens is 333 g/mol. The van der Waals surface area contributed by atoms with Gasteiger partial charge in [0.15, 0.2) is 0 Å². The lowest BCUT2D eigenvalue weighted by Crippen LogP contribution is -2.46. The standard InChI is InChI=1S/C20H22FN3O2/c21-16-3-1-13(2-4-16)7-8-23-19(25)17-5-6-18-15-9-14(10-22-11-15)12-24(18)20(17)26/h1-6,14-15,22H,7-12H2,(H,23,25)/t14-,15+/m0/s1. The lowest BCUT2D eigenvalue weighted by Gasteiger charge is -2.37. The summed E-state index contributed by atoms with van der Waals surface area (Å²) in [6.07, 6.45) is 1.70. The second-order valence-corrected chi connectivity index (χ2v) is 7.18. The van der Waals surface area contributed by atoms with E-state index in [1.165, 1.54) is 12.1 Å². The zero-order chi connectivity index (χ0) is 18.1. The molecule has 0 saturated carbocycles. The van der Waals surface area contributed by atoms with Gasteiger partial charge in [-0.25, -0.2) is 4.39 Å². The highest BCUT2D eigenvalue weighted by atomic mass is 19.1. The van der Waals surface area contributed by atoms with E-state index in [-0.39, 0.29) is 22.8 Å². The van der Waals surface area contributed by atoms with E-state index in [2.05, 4.69) is 10.6 Å². The van der Waals surface area contributed by atoms with Crippen molar-refractivity contribution < 1.29 is 9.18 Å². The number of pyridine rings is 1. The predicted octanol–water partition coefficient (Wildman–Crippen LogP) is 1.67. The third kappa shape index (κ3) is 3.29. The molecule has 5 nitrogen and oxygen atoms in total. The van der Waals surface area contributed by atoms with Gasteiger partial charge in [0.25, 0.3) is 11.5 Å². The zero-order valence-electron chi connectivity index (χ0n) is 14.5. The molecule has 2 aliphatic heterocycles. The van der Waals surface area contributed by atoms with E-state index in [0.717, 1.165) is 30.8 Å². The fraction of sp³-hybridized carbons (Fsp3) is 0.400. The summed E-state index contributed by atoms with van der Waals surface area (Å²) in [6.45, 7) is 2.89. The molecule has 4 rings (SSSR count). The van der Waals surface area contributed by atoms with Crippen LogP contribution in [-0.2, 0) is 13.0 Å². The molecule has 2 aromatic rings. The summed E-state index contributed by atoms with van der Waals surface area (Å²) in [5.74, 6) is 0.183. The Balaban J connectivity index is 1.46. The Morgan fingerprint density at radius 2 is 2.00 bits per heavy atom. The van der Waals surface area contributed by atoms with Crippen molar-refractivity contribution in [3.05, 3.63) is 69.4 Å². The van der Waals surface area contributed by atoms with E-state index in [9.17, 15) is 14.0 Å². The van der Waals surface area contributed by atoms with Crippen LogP contribution in [0.5, 0.6) is 0 Å². The van der Waals surface area contributed by atoms with Gasteiger partial charge in [-0.3, -0.25) is 9.59 Å². The molecule has 0 aliphatic carbocycles. The first kappa shape index (κ1) is 17.0. The third-order valence-electron chi connectivity index (χ3n) is 5.37. The van der Waals surface area contributed by atoms with Gasteiger partial charge in [0.1, 0.15) is 11.4 Å². The number of hydrogen-bond acceptors (Lipinski definition) is 3. The number of hydrogen-bond donors (Lipinski definition) is 2. The molecule has 2 aliphatic rings. The largest absolute Gasteiger partial charge is 0.352 e. The molecule has 0 spiro atoms. The van der Waals surface area contributed by atoms with Gasteiger partial charge < -0.3 is 15.2 Å². The van der Waals surface area contributed by atoms with Gasteiger partial charge in [-0.2, -0.15) is 0 Å². The van der Waals surface area contributed by atoms with Crippen LogP contribution in [0.1, 0.15) is 34.0 Å². The molecule has 136 valence electrons. The molecule has 1 aromatic heterocycles. The van der Waals surface area contributed by atoms with Gasteiger partial charge in [-0.1, -0.05) is 12.1 Å². The number of carbonyl (C=O) groups excluding carboxylic acids is 1. The number of nitrogens with one attached hydrogen (secondary N) is 2. The summed E-state index contributed by atoms with van der Waals surface area (Å²) in [6, 6.07) is 9.77. The van der Waals surface area contributed by atoms with Gasteiger partial charge in [0.2, 0.25) is 0 Å². The summed E-state index contributed by atoms with van der Waals surface area (Å²) in [4.78, 5) is 25.2. The van der Waals surface area contributed by atoms with Crippen molar-refractivity contribution in [2.24, 2.45) is 5.92 Å². The Morgan fingerprint density at radius 3 is 2.81 bits per heavy atom. The lowest BCUT2D eigenvalue weighted by molar-refractivity contribution is 0.0951. The summed E-state index contributed by atoms with van der Waals surface area (Å²) in [5, 5.41) is 6.22. The normalized spacial score (nSPS) is 21.1. The highest BCUT2D eigenvalue weighted by Crippen LogP contribution is 2.31. The van der Waals surface area contributed by atoms with Crippen LogP contribution in [0.4, 0.5) is 4.39 Å². The highest BCUT2D eigenvalue weighted by Gasteiger charge is 2.31. The molecule has 26 heavy (non-hydrogen) atoms. The van der Waals surface area contributed by atoms with Crippen molar-refractivity contribution in [1.82, 2.24) is 15.2 Å². The molecule has 2 N–H and O–H groups in total. The van der Waals surface area contributed by atoms with Crippen LogP contribution >= 0.6 is 0 Å². The van der Waals surface area contributed by atoms with E-state index < -0.39 is 0 Å². The topological polar surface area (TPSA) is 63.1 Å². The number of amides is 1. The zero-order valence-corrected chi connectivity index (χ0v) is 14.5. The van der Waals surface area contributed by atoms with Crippen LogP contribution in [0.25, 0.3) is 0 Å². The van der Waals surface area contributed by atoms with E-state index in [1.807, 2.05) is 6.07 Å². The second-order valence-electron chi connectivity index (χ2n) is 7.18. The van der Waals surface area contributed by atoms with Gasteiger partial charge >= 0.3 is 0 Å². The number of aromatic nitrogens is 1. The van der Waals surface area contributed by atoms with Crippen LogP contribution in [0.2, 0.25) is 0 Å². The number of halogens is 1. The minimum absolute atomic E-state index is 0.195. The molecule has 1 amide bonds. The quantitative estimate of drug-likeness (QED) is 0.877. The molecule has 0 radical (unpaired) electrons. The third-order valence-corrected chi connectivity index (χ3v) is 5.37. The molecule has 1 fully saturated rings. The maximum atomic E-state index is 12.9. The first-order chi connectivity index (χ1) is 12.6. The minimum Gasteiger partial charge on any atom is -0.352 e. The summed E-state index contributed by atoms with van der Waals surface area (Å²) in [7, 11) is 0. The Kier molecular flexibility index (Phi) is 4.59. The predicted molar refractivity (Wildman–Crippen MR) is 96.9 cm³/mol. The van der Waals surface area contributed by atoms with E-state index in [0.29, 0.717) is 31.3 Å². The van der Waals surface area contributed by atoms with Gasteiger partial charge in [0, 0.05) is 31.2 Å². The average Bonchev–Trinajstić information content (AvgIpc) is 2.64. The summed E-state index contributed by atoms with van der Waals surface area (Å²) >= 11 is 0. The van der Waals surface area contributed by atoms with Crippen molar-refractivity contribution >= 4 is 5.91 Å². The minimum atomic E-state index is -0.346. The number of nitrogens with zero attached hydrogens (tertiary/aromatic N) is 1. The molecule has 6 heteroatoms. The van der Waals surface area contributed by atoms with Crippen molar-refractivity contribution in [3.8, 4) is 0 Å². The van der Waals surface area contributed by atoms with Crippen LogP contribution < -0.4 is 16.2 Å². The molecule has 1 aromatic carbocycles. The van der Waals surface area contributed by atoms with Crippen LogP contribution in [0.15, 0.2) is 41.2 Å². The molecule has 0 unspecified atom stereocenters. The molecule has 1 saturated heterocycles. The number of benzene rings is 1. The molecule has 2 atom stereocenters. The van der Waals surface area contributed by atoms with E-state index in [1.54, 1.807) is 22.8 Å². The van der Waals surface area contributed by atoms with Crippen LogP contribution in [-0.4, -0.2) is 30.1 Å². The van der Waals surface area contributed by atoms with E-state index >= 15 is 0 Å². The Bertz CT molecular complexity index is 876. The first-order valence-electron chi connectivity index (χ1n) is 9.09. The fourth-order valence-corrected chi connectivity index (χ4v) is 4.03. The number of carbonyl (C=O) groups is 1. The number of piperidine rings is 1. The SMILES string of the molecule is O=C(NCCc1ccc(F)cc1)c1ccc2n(c1=O)C[C@@H]1CNC[C@H]2C1. The van der Waals surface area contributed by atoms with Crippen molar-refractivity contribution in [3.63, 3.8) is 0 Å². The first-order valence-corrected chi connectivity index (χ1v) is 9.09. The van der Waals surface area contributed by atoms with Crippen LogP contribution in [0, 0.1) is 11.7 Å². The second kappa shape index (κ2) is 7.03. The molecule has 3 heterocycles. The maximum Gasteiger partial charge on any atom is 0.263 e. The van der Waals surface area contributed by atoms with Gasteiger partial charge in [-0.15, -0.1) is 0 Å². The monoisotopic (exact) mass is 355 g/mol. The maximum absolute atomic E-state index is 12.9. The van der Waals surface area contributed by atoms with Crippen LogP contribution in [0.3, 0.4) is 0 Å². The Labute approximate surface area is 151 Å². The number of fused-ring (bicyclic) bond motifs is 4. The van der Waals surface area contributed by atoms with Gasteiger partial charge in [-0.05, 0) is 55.1 Å². The van der Waals surface area contributed by atoms with Crippen molar-refractivity contribution in [2.75, 3.05) is 19.6 Å². The lowest BCUT2D eigenvalue weighted by atomic mass is 9.84. The highest BCUT2D eigenvalue weighted by molar-refractivity contribution is 5.93. The Morgan fingerprint density at radius 1 is 1.19 bits per heavy atom. The number of rotatable bonds is 4. The van der Waals surface area contributed by atoms with Crippen molar-refractivity contribution in [1.29, 1.82) is 0 Å². The molecule has 2 bridgehead atoms. The van der Waals surface area contributed by atoms with Crippen molar-refractivity contribution in [2.45, 2.75) is 25.3 Å². The fourth-order valence-electron chi connectivity index (χ4n) is 4.03. The smallest absolute Gasteiger partial charge is 0.263 e. The van der Waals surface area contributed by atoms with E-state index in [4.69, 9.17) is 0 Å². The summed E-state index contributed by atoms with van der Waals surface area (Å²) < 4.78 is 14.7. The molecular formula is C20H22FN3O2. The van der Waals surface area contributed by atoms with Gasteiger partial charge in [0.05, 0.1) is 0 Å².